The molecule has 0 unspecified atom stereocenters. The van der Waals surface area contributed by atoms with Crippen LogP contribution in [0.25, 0.3) is 11.0 Å². The zero-order chi connectivity index (χ0) is 17.3. The number of fused-ring (bicyclic) bond motifs is 1. The number of hydrogen-bond acceptors (Lipinski definition) is 4. The Morgan fingerprint density at radius 2 is 2.17 bits per heavy atom. The number of carbonyl (C=O) groups is 1. The molecule has 0 atom stereocenters. The Morgan fingerprint density at radius 3 is 2.88 bits per heavy atom. The summed E-state index contributed by atoms with van der Waals surface area (Å²) in [5.74, 6) is -0.416. The molecule has 24 heavy (non-hydrogen) atoms. The molecular formula is C16H14FIN4O2. The lowest BCUT2D eigenvalue weighted by Gasteiger charge is -2.11. The number of nitrogens with one attached hydrogen (secondary N) is 2. The van der Waals surface area contributed by atoms with Crippen LogP contribution >= 0.6 is 22.6 Å². The molecule has 0 aliphatic heterocycles. The molecule has 0 fully saturated rings. The smallest absolute Gasteiger partial charge is 0.279 e. The van der Waals surface area contributed by atoms with Gasteiger partial charge in [0, 0.05) is 22.2 Å². The molecule has 1 amide bonds. The summed E-state index contributed by atoms with van der Waals surface area (Å²) in [7, 11) is 3.11. The van der Waals surface area contributed by atoms with Gasteiger partial charge in [0.1, 0.15) is 17.3 Å². The number of hydrogen-bond donors (Lipinski definition) is 2. The quantitative estimate of drug-likeness (QED) is 0.483. The van der Waals surface area contributed by atoms with Crippen molar-refractivity contribution in [2.75, 3.05) is 12.4 Å². The van der Waals surface area contributed by atoms with Gasteiger partial charge in [0.05, 0.1) is 18.4 Å². The van der Waals surface area contributed by atoms with E-state index >= 15 is 0 Å². The summed E-state index contributed by atoms with van der Waals surface area (Å²) in [6.07, 6.45) is 1.63. The average Bonchev–Trinajstić information content (AvgIpc) is 2.83. The van der Waals surface area contributed by atoms with Gasteiger partial charge in [-0.25, -0.2) is 14.9 Å². The summed E-state index contributed by atoms with van der Waals surface area (Å²) in [5.41, 5.74) is 3.51. The number of aromatic nitrogens is 2. The molecule has 2 N–H and O–H groups in total. The maximum Gasteiger partial charge on any atom is 0.279 e. The summed E-state index contributed by atoms with van der Waals surface area (Å²) < 4.78 is 16.7. The lowest BCUT2D eigenvalue weighted by atomic mass is 10.2. The minimum Gasteiger partial charge on any atom is -0.339 e. The highest BCUT2D eigenvalue weighted by atomic mass is 127. The molecule has 0 aliphatic carbocycles. The van der Waals surface area contributed by atoms with Crippen molar-refractivity contribution in [2.24, 2.45) is 7.05 Å². The Balaban J connectivity index is 2.17. The Bertz CT molecular complexity index is 926. The Kier molecular flexibility index (Phi) is 4.67. The van der Waals surface area contributed by atoms with Crippen molar-refractivity contribution >= 4 is 51.0 Å². The standard InChI is InChI=1S/C16H14FIN4O2/c1-22-14-10(4-3-7-19-14)13(16(23)21-24-2)15(22)20-12-6-5-9(18)8-11(12)17/h3-8,20H,1-2H3,(H,21,23). The lowest BCUT2D eigenvalue weighted by molar-refractivity contribution is 0.0540. The first-order chi connectivity index (χ1) is 11.5. The maximum absolute atomic E-state index is 14.2. The van der Waals surface area contributed by atoms with Crippen molar-refractivity contribution in [1.82, 2.24) is 15.0 Å². The van der Waals surface area contributed by atoms with Gasteiger partial charge in [-0.3, -0.25) is 9.63 Å². The van der Waals surface area contributed by atoms with Crippen molar-refractivity contribution < 1.29 is 14.0 Å². The Hall–Kier alpha value is -2.20. The number of halogens is 2. The normalized spacial score (nSPS) is 10.8. The SMILES string of the molecule is CONC(=O)c1c(Nc2ccc(I)cc2F)n(C)c2ncccc12. The van der Waals surface area contributed by atoms with Crippen LogP contribution in [0.1, 0.15) is 10.4 Å². The molecule has 3 rings (SSSR count). The van der Waals surface area contributed by atoms with E-state index in [9.17, 15) is 9.18 Å². The molecule has 0 radical (unpaired) electrons. The van der Waals surface area contributed by atoms with Crippen molar-refractivity contribution in [1.29, 1.82) is 0 Å². The van der Waals surface area contributed by atoms with Gasteiger partial charge in [-0.2, -0.15) is 0 Å². The van der Waals surface area contributed by atoms with Crippen LogP contribution in [0.15, 0.2) is 36.5 Å². The van der Waals surface area contributed by atoms with Crippen molar-refractivity contribution in [3.63, 3.8) is 0 Å². The first-order valence-electron chi connectivity index (χ1n) is 7.01. The van der Waals surface area contributed by atoms with E-state index in [1.165, 1.54) is 13.2 Å². The molecule has 124 valence electrons. The van der Waals surface area contributed by atoms with E-state index in [2.05, 4.69) is 15.8 Å². The Morgan fingerprint density at radius 1 is 1.38 bits per heavy atom. The molecule has 3 aromatic rings. The van der Waals surface area contributed by atoms with Gasteiger partial charge in [-0.15, -0.1) is 0 Å². The van der Waals surface area contributed by atoms with Gasteiger partial charge in [0.25, 0.3) is 5.91 Å². The molecule has 0 spiro atoms. The van der Waals surface area contributed by atoms with Gasteiger partial charge in [-0.1, -0.05) is 0 Å². The van der Waals surface area contributed by atoms with E-state index in [4.69, 9.17) is 4.84 Å². The van der Waals surface area contributed by atoms with Gasteiger partial charge in [0.15, 0.2) is 0 Å². The van der Waals surface area contributed by atoms with E-state index in [1.807, 2.05) is 22.6 Å². The van der Waals surface area contributed by atoms with Crippen molar-refractivity contribution in [3.05, 3.63) is 51.5 Å². The fraction of sp³-hybridized carbons (Fsp3) is 0.125. The number of hydroxylamine groups is 1. The third kappa shape index (κ3) is 2.94. The van der Waals surface area contributed by atoms with Crippen LogP contribution < -0.4 is 10.8 Å². The first-order valence-corrected chi connectivity index (χ1v) is 8.09. The van der Waals surface area contributed by atoms with Gasteiger partial charge < -0.3 is 9.88 Å². The number of nitrogens with zero attached hydrogens (tertiary/aromatic N) is 2. The number of aryl methyl sites for hydroxylation is 1. The van der Waals surface area contributed by atoms with Crippen LogP contribution in [0, 0.1) is 9.39 Å². The number of carbonyl (C=O) groups excluding carboxylic acids is 1. The summed E-state index contributed by atoms with van der Waals surface area (Å²) in [6.45, 7) is 0. The molecule has 1 aromatic carbocycles. The van der Waals surface area contributed by atoms with Crippen LogP contribution in [0.3, 0.4) is 0 Å². The number of amides is 1. The van der Waals surface area contributed by atoms with Crippen molar-refractivity contribution in [2.45, 2.75) is 0 Å². The molecule has 8 heteroatoms. The molecule has 0 saturated carbocycles. The predicted octanol–water partition coefficient (Wildman–Crippen LogP) is 3.35. The first kappa shape index (κ1) is 16.7. The monoisotopic (exact) mass is 440 g/mol. The number of benzene rings is 1. The van der Waals surface area contributed by atoms with Gasteiger partial charge >= 0.3 is 0 Å². The second-order valence-corrected chi connectivity index (χ2v) is 6.29. The largest absolute Gasteiger partial charge is 0.339 e. The summed E-state index contributed by atoms with van der Waals surface area (Å²) in [4.78, 5) is 21.4. The maximum atomic E-state index is 14.2. The third-order valence-corrected chi connectivity index (χ3v) is 4.22. The second-order valence-electron chi connectivity index (χ2n) is 5.04. The molecule has 0 bridgehead atoms. The second kappa shape index (κ2) is 6.73. The van der Waals surface area contributed by atoms with Crippen LogP contribution in [-0.4, -0.2) is 22.6 Å². The molecule has 0 saturated heterocycles. The third-order valence-electron chi connectivity index (χ3n) is 3.55. The lowest BCUT2D eigenvalue weighted by Crippen LogP contribution is -2.22. The highest BCUT2D eigenvalue weighted by Crippen LogP contribution is 2.31. The number of anilines is 2. The van der Waals surface area contributed by atoms with Gasteiger partial charge in [0.2, 0.25) is 0 Å². The van der Waals surface area contributed by atoms with E-state index in [-0.39, 0.29) is 5.69 Å². The summed E-state index contributed by atoms with van der Waals surface area (Å²) in [6, 6.07) is 8.34. The number of pyridine rings is 1. The van der Waals surface area contributed by atoms with Crippen LogP contribution in [0.2, 0.25) is 0 Å². The molecule has 2 heterocycles. The molecular weight excluding hydrogens is 426 g/mol. The van der Waals surface area contributed by atoms with E-state index in [0.717, 1.165) is 3.57 Å². The summed E-state index contributed by atoms with van der Waals surface area (Å²) in [5, 5.41) is 3.63. The van der Waals surface area contributed by atoms with Crippen molar-refractivity contribution in [3.8, 4) is 0 Å². The minimum absolute atomic E-state index is 0.271. The topological polar surface area (TPSA) is 68.2 Å². The predicted molar refractivity (Wildman–Crippen MR) is 97.6 cm³/mol. The zero-order valence-corrected chi connectivity index (χ0v) is 15.1. The molecule has 2 aromatic heterocycles. The van der Waals surface area contributed by atoms with Crippen LogP contribution in [0.4, 0.5) is 15.9 Å². The van der Waals surface area contributed by atoms with E-state index < -0.39 is 11.7 Å². The molecule has 6 nitrogen and oxygen atoms in total. The van der Waals surface area contributed by atoms with E-state index in [1.54, 1.807) is 42.1 Å². The number of rotatable bonds is 4. The highest BCUT2D eigenvalue weighted by Gasteiger charge is 2.22. The molecule has 0 aliphatic rings. The highest BCUT2D eigenvalue weighted by molar-refractivity contribution is 14.1. The fourth-order valence-corrected chi connectivity index (χ4v) is 2.95. The van der Waals surface area contributed by atoms with Gasteiger partial charge in [-0.05, 0) is 52.9 Å². The fourth-order valence-electron chi connectivity index (χ4n) is 2.50. The minimum atomic E-state index is -0.440. The summed E-state index contributed by atoms with van der Waals surface area (Å²) >= 11 is 2.04. The van der Waals surface area contributed by atoms with Crippen LogP contribution in [0.5, 0.6) is 0 Å². The van der Waals surface area contributed by atoms with E-state index in [0.29, 0.717) is 22.4 Å². The average molecular weight is 440 g/mol. The Labute approximate surface area is 151 Å². The van der Waals surface area contributed by atoms with Crippen LogP contribution in [-0.2, 0) is 11.9 Å². The zero-order valence-electron chi connectivity index (χ0n) is 12.9.